The van der Waals surface area contributed by atoms with E-state index in [1.54, 1.807) is 20.2 Å². The molecular formula is C14H13N5OS. The Balaban J connectivity index is 2.02. The third-order valence-electron chi connectivity index (χ3n) is 3.02. The molecule has 3 aromatic rings. The summed E-state index contributed by atoms with van der Waals surface area (Å²) in [5.74, 6) is 1.15. The molecule has 0 saturated heterocycles. The maximum absolute atomic E-state index is 12.4. The molecule has 1 amide bonds. The molecule has 0 spiro atoms. The summed E-state index contributed by atoms with van der Waals surface area (Å²) in [4.78, 5) is 20.8. The number of hydrogen-bond acceptors (Lipinski definition) is 6. The molecule has 6 nitrogen and oxygen atoms in total. The van der Waals surface area contributed by atoms with Crippen molar-refractivity contribution in [1.82, 2.24) is 14.3 Å². The van der Waals surface area contributed by atoms with E-state index in [1.807, 2.05) is 24.3 Å². The summed E-state index contributed by atoms with van der Waals surface area (Å²) < 4.78 is 4.04. The molecule has 21 heavy (non-hydrogen) atoms. The summed E-state index contributed by atoms with van der Waals surface area (Å²) in [5, 5.41) is 8.01. The van der Waals surface area contributed by atoms with Crippen LogP contribution in [0.1, 0.15) is 16.2 Å². The monoisotopic (exact) mass is 299 g/mol. The number of aromatic nitrogens is 3. The highest BCUT2D eigenvalue weighted by Gasteiger charge is 2.14. The van der Waals surface area contributed by atoms with Gasteiger partial charge in [0.1, 0.15) is 11.6 Å². The molecule has 0 aliphatic heterocycles. The molecule has 7 heteroatoms. The highest BCUT2D eigenvalue weighted by Crippen LogP contribution is 2.25. The van der Waals surface area contributed by atoms with Gasteiger partial charge in [0, 0.05) is 30.2 Å². The van der Waals surface area contributed by atoms with E-state index >= 15 is 0 Å². The second-order valence-electron chi connectivity index (χ2n) is 4.42. The van der Waals surface area contributed by atoms with E-state index in [2.05, 4.69) is 25.0 Å². The van der Waals surface area contributed by atoms with Crippen LogP contribution in [0.2, 0.25) is 0 Å². The summed E-state index contributed by atoms with van der Waals surface area (Å²) in [6.07, 6.45) is 1.57. The zero-order chi connectivity index (χ0) is 14.8. The number of carbonyl (C=O) groups excluding carboxylic acids is 1. The van der Waals surface area contributed by atoms with Crippen LogP contribution < -0.4 is 10.6 Å². The lowest BCUT2D eigenvalue weighted by Crippen LogP contribution is -2.13. The predicted molar refractivity (Wildman–Crippen MR) is 83.9 cm³/mol. The average molecular weight is 299 g/mol. The Morgan fingerprint density at radius 2 is 2.00 bits per heavy atom. The van der Waals surface area contributed by atoms with Gasteiger partial charge in [-0.05, 0) is 12.3 Å². The number of nitrogens with zero attached hydrogens (tertiary/aromatic N) is 3. The molecule has 2 N–H and O–H groups in total. The van der Waals surface area contributed by atoms with Crippen LogP contribution in [0.3, 0.4) is 0 Å². The van der Waals surface area contributed by atoms with Crippen molar-refractivity contribution in [3.05, 3.63) is 41.9 Å². The topological polar surface area (TPSA) is 79.8 Å². The van der Waals surface area contributed by atoms with Crippen LogP contribution in [-0.2, 0) is 0 Å². The fraction of sp³-hybridized carbons (Fsp3) is 0.143. The van der Waals surface area contributed by atoms with Crippen molar-refractivity contribution in [3.63, 3.8) is 0 Å². The molecule has 1 aromatic carbocycles. The van der Waals surface area contributed by atoms with Crippen LogP contribution in [0, 0.1) is 6.92 Å². The van der Waals surface area contributed by atoms with Crippen molar-refractivity contribution in [2.75, 3.05) is 17.7 Å². The van der Waals surface area contributed by atoms with Gasteiger partial charge in [0.25, 0.3) is 5.91 Å². The van der Waals surface area contributed by atoms with Gasteiger partial charge in [-0.2, -0.15) is 4.37 Å². The van der Waals surface area contributed by atoms with Crippen LogP contribution in [0.4, 0.5) is 10.9 Å². The second-order valence-corrected chi connectivity index (χ2v) is 5.17. The number of pyridine rings is 1. The lowest BCUT2D eigenvalue weighted by Gasteiger charge is -2.09. The van der Waals surface area contributed by atoms with E-state index in [0.717, 1.165) is 28.1 Å². The highest BCUT2D eigenvalue weighted by molar-refractivity contribution is 7.09. The van der Waals surface area contributed by atoms with Gasteiger partial charge in [0.2, 0.25) is 5.13 Å². The predicted octanol–water partition coefficient (Wildman–Crippen LogP) is 2.69. The van der Waals surface area contributed by atoms with E-state index in [4.69, 9.17) is 0 Å². The van der Waals surface area contributed by atoms with Gasteiger partial charge in [0.05, 0.1) is 5.56 Å². The van der Waals surface area contributed by atoms with E-state index in [-0.39, 0.29) is 5.91 Å². The quantitative estimate of drug-likeness (QED) is 0.777. The van der Waals surface area contributed by atoms with E-state index in [1.165, 1.54) is 0 Å². The van der Waals surface area contributed by atoms with Crippen LogP contribution >= 0.6 is 11.5 Å². The summed E-state index contributed by atoms with van der Waals surface area (Å²) >= 11 is 1.16. The highest BCUT2D eigenvalue weighted by atomic mass is 32.1. The van der Waals surface area contributed by atoms with Crippen molar-refractivity contribution in [1.29, 1.82) is 0 Å². The minimum Gasteiger partial charge on any atom is -0.373 e. The van der Waals surface area contributed by atoms with E-state index in [0.29, 0.717) is 16.5 Å². The van der Waals surface area contributed by atoms with Crippen molar-refractivity contribution in [3.8, 4) is 0 Å². The summed E-state index contributed by atoms with van der Waals surface area (Å²) in [6, 6.07) is 7.65. The lowest BCUT2D eigenvalue weighted by molar-refractivity contribution is 0.102. The first-order valence-corrected chi connectivity index (χ1v) is 7.13. The van der Waals surface area contributed by atoms with Gasteiger partial charge < -0.3 is 5.32 Å². The Hall–Kier alpha value is -2.54. The third-order valence-corrected chi connectivity index (χ3v) is 3.75. The van der Waals surface area contributed by atoms with Gasteiger partial charge in [-0.25, -0.2) is 9.97 Å². The Bertz CT molecular complexity index is 814. The molecule has 2 aromatic heterocycles. The van der Waals surface area contributed by atoms with E-state index in [9.17, 15) is 4.79 Å². The second kappa shape index (κ2) is 5.45. The van der Waals surface area contributed by atoms with Gasteiger partial charge in [-0.1, -0.05) is 24.3 Å². The zero-order valence-corrected chi connectivity index (χ0v) is 12.4. The van der Waals surface area contributed by atoms with Crippen LogP contribution in [-0.4, -0.2) is 27.3 Å². The number of rotatable bonds is 3. The first kappa shape index (κ1) is 13.4. The first-order valence-electron chi connectivity index (χ1n) is 6.36. The fourth-order valence-corrected chi connectivity index (χ4v) is 2.66. The largest absolute Gasteiger partial charge is 0.373 e. The summed E-state index contributed by atoms with van der Waals surface area (Å²) in [7, 11) is 1.80. The molecule has 0 fully saturated rings. The molecule has 0 unspecified atom stereocenters. The van der Waals surface area contributed by atoms with Crippen LogP contribution in [0.5, 0.6) is 0 Å². The molecule has 0 saturated carbocycles. The smallest absolute Gasteiger partial charge is 0.259 e. The Kier molecular flexibility index (Phi) is 3.49. The number of hydrogen-bond donors (Lipinski definition) is 2. The molecule has 3 rings (SSSR count). The Morgan fingerprint density at radius 3 is 2.67 bits per heavy atom. The standard InChI is InChI=1S/C14H13N5OS/c1-8-17-14(21-19-8)18-13(20)11-7-16-12(15-2)10-6-4-3-5-9(10)11/h3-7H,1-2H3,(H,15,16)(H,17,18,19,20). The number of carbonyl (C=O) groups is 1. The Labute approximate surface area is 125 Å². The van der Waals surface area contributed by atoms with Gasteiger partial charge in [0.15, 0.2) is 0 Å². The first-order chi connectivity index (χ1) is 10.2. The number of anilines is 2. The molecule has 0 bridgehead atoms. The number of amides is 1. The maximum atomic E-state index is 12.4. The van der Waals surface area contributed by atoms with Gasteiger partial charge in [-0.3, -0.25) is 10.1 Å². The number of aryl methyl sites for hydroxylation is 1. The van der Waals surface area contributed by atoms with Crippen molar-refractivity contribution >= 4 is 39.2 Å². The minimum absolute atomic E-state index is 0.238. The molecule has 0 atom stereocenters. The summed E-state index contributed by atoms with van der Waals surface area (Å²) in [5.41, 5.74) is 0.512. The van der Waals surface area contributed by atoms with Gasteiger partial charge in [-0.15, -0.1) is 0 Å². The number of nitrogens with one attached hydrogen (secondary N) is 2. The SMILES string of the molecule is CNc1ncc(C(=O)Nc2nc(C)ns2)c2ccccc12. The zero-order valence-electron chi connectivity index (χ0n) is 11.5. The Morgan fingerprint density at radius 1 is 1.24 bits per heavy atom. The molecule has 0 radical (unpaired) electrons. The van der Waals surface area contributed by atoms with E-state index < -0.39 is 0 Å². The van der Waals surface area contributed by atoms with Crippen molar-refractivity contribution in [2.45, 2.75) is 6.92 Å². The lowest BCUT2D eigenvalue weighted by atomic mass is 10.1. The molecule has 106 valence electrons. The molecular weight excluding hydrogens is 286 g/mol. The van der Waals surface area contributed by atoms with Crippen LogP contribution in [0.15, 0.2) is 30.5 Å². The average Bonchev–Trinajstić information content (AvgIpc) is 2.91. The normalized spacial score (nSPS) is 10.6. The molecule has 0 aliphatic rings. The van der Waals surface area contributed by atoms with Gasteiger partial charge >= 0.3 is 0 Å². The van der Waals surface area contributed by atoms with Crippen molar-refractivity contribution in [2.24, 2.45) is 0 Å². The fourth-order valence-electron chi connectivity index (χ4n) is 2.09. The molecule has 2 heterocycles. The molecule has 0 aliphatic carbocycles. The maximum Gasteiger partial charge on any atom is 0.259 e. The third kappa shape index (κ3) is 2.55. The van der Waals surface area contributed by atoms with Crippen molar-refractivity contribution < 1.29 is 4.79 Å². The minimum atomic E-state index is -0.238. The number of fused-ring (bicyclic) bond motifs is 1. The van der Waals surface area contributed by atoms with Crippen LogP contribution in [0.25, 0.3) is 10.8 Å². The summed E-state index contributed by atoms with van der Waals surface area (Å²) in [6.45, 7) is 1.78. The number of benzene rings is 1.